The minimum atomic E-state index is 0.0613. The van der Waals surface area contributed by atoms with Gasteiger partial charge in [0.2, 0.25) is 0 Å². The van der Waals surface area contributed by atoms with Gasteiger partial charge in [-0.15, -0.1) is 0 Å². The number of unbranched alkanes of at least 4 members (excludes halogenated alkanes) is 5. The van der Waals surface area contributed by atoms with E-state index in [1.807, 2.05) is 0 Å². The van der Waals surface area contributed by atoms with Gasteiger partial charge in [-0.1, -0.05) is 45.4 Å². The van der Waals surface area contributed by atoms with Crippen molar-refractivity contribution in [2.24, 2.45) is 0 Å². The lowest BCUT2D eigenvalue weighted by Crippen LogP contribution is -2.14. The third kappa shape index (κ3) is 8.26. The topological polar surface area (TPSA) is 29.5 Å². The van der Waals surface area contributed by atoms with Crippen LogP contribution in [0, 0.1) is 0 Å². The maximum atomic E-state index is 8.84. The highest BCUT2D eigenvalue weighted by Gasteiger charge is 2.03. The quantitative estimate of drug-likeness (QED) is 0.564. The molecule has 0 amide bonds. The predicted molar refractivity (Wildman–Crippen MR) is 55.9 cm³/mol. The van der Waals surface area contributed by atoms with E-state index >= 15 is 0 Å². The monoisotopic (exact) mass is 188 g/mol. The van der Waals surface area contributed by atoms with Crippen LogP contribution in [0.25, 0.3) is 0 Å². The minimum Gasteiger partial charge on any atom is -0.394 e. The van der Waals surface area contributed by atoms with E-state index < -0.39 is 0 Å². The summed E-state index contributed by atoms with van der Waals surface area (Å²) < 4.78 is 5.08. The first-order chi connectivity index (χ1) is 6.35. The molecule has 2 nitrogen and oxygen atoms in total. The first-order valence-electron chi connectivity index (χ1n) is 5.48. The van der Waals surface area contributed by atoms with Crippen molar-refractivity contribution in [1.29, 1.82) is 0 Å². The van der Waals surface area contributed by atoms with Gasteiger partial charge in [-0.2, -0.15) is 0 Å². The highest BCUT2D eigenvalue weighted by molar-refractivity contribution is 4.55. The van der Waals surface area contributed by atoms with Gasteiger partial charge >= 0.3 is 0 Å². The molecule has 0 rings (SSSR count). The molecule has 1 atom stereocenters. The lowest BCUT2D eigenvalue weighted by atomic mass is 10.1. The van der Waals surface area contributed by atoms with Crippen LogP contribution in [0.4, 0.5) is 0 Å². The van der Waals surface area contributed by atoms with Gasteiger partial charge in [-0.05, 0) is 6.42 Å². The molecule has 0 aromatic carbocycles. The molecule has 0 heterocycles. The van der Waals surface area contributed by atoms with Crippen molar-refractivity contribution in [2.75, 3.05) is 13.7 Å². The molecule has 0 aromatic rings. The van der Waals surface area contributed by atoms with Gasteiger partial charge in [0, 0.05) is 7.11 Å². The zero-order chi connectivity index (χ0) is 9.94. The van der Waals surface area contributed by atoms with E-state index in [9.17, 15) is 0 Å². The lowest BCUT2D eigenvalue weighted by molar-refractivity contribution is 0.0415. The molecule has 0 aliphatic rings. The molecule has 2 heteroatoms. The van der Waals surface area contributed by atoms with Crippen LogP contribution in [-0.4, -0.2) is 24.9 Å². The number of rotatable bonds is 9. The van der Waals surface area contributed by atoms with Gasteiger partial charge in [0.25, 0.3) is 0 Å². The van der Waals surface area contributed by atoms with Gasteiger partial charge < -0.3 is 9.84 Å². The number of aliphatic hydroxyl groups is 1. The zero-order valence-electron chi connectivity index (χ0n) is 9.09. The largest absolute Gasteiger partial charge is 0.394 e. The summed E-state index contributed by atoms with van der Waals surface area (Å²) in [5.74, 6) is 0. The van der Waals surface area contributed by atoms with E-state index in [0.717, 1.165) is 6.42 Å². The molecular formula is C11H24O2. The summed E-state index contributed by atoms with van der Waals surface area (Å²) in [6.45, 7) is 2.39. The number of hydrogen-bond acceptors (Lipinski definition) is 2. The summed E-state index contributed by atoms with van der Waals surface area (Å²) in [5, 5.41) is 8.84. The molecule has 80 valence electrons. The molecule has 0 radical (unpaired) electrons. The van der Waals surface area contributed by atoms with Crippen molar-refractivity contribution in [1.82, 2.24) is 0 Å². The van der Waals surface area contributed by atoms with Crippen molar-refractivity contribution in [3.05, 3.63) is 0 Å². The molecule has 0 aliphatic carbocycles. The molecule has 0 aromatic heterocycles. The molecule has 13 heavy (non-hydrogen) atoms. The summed E-state index contributed by atoms with van der Waals surface area (Å²) in [7, 11) is 1.66. The normalized spacial score (nSPS) is 13.2. The van der Waals surface area contributed by atoms with Gasteiger partial charge in [0.15, 0.2) is 0 Å². The van der Waals surface area contributed by atoms with Crippen molar-refractivity contribution in [3.8, 4) is 0 Å². The van der Waals surface area contributed by atoms with Crippen molar-refractivity contribution >= 4 is 0 Å². The Hall–Kier alpha value is -0.0800. The third-order valence-corrected chi connectivity index (χ3v) is 2.42. The van der Waals surface area contributed by atoms with Crippen LogP contribution in [0.15, 0.2) is 0 Å². The number of aliphatic hydroxyl groups excluding tert-OH is 1. The van der Waals surface area contributed by atoms with Crippen LogP contribution in [0.1, 0.15) is 51.9 Å². The zero-order valence-corrected chi connectivity index (χ0v) is 9.09. The van der Waals surface area contributed by atoms with Crippen LogP contribution >= 0.6 is 0 Å². The molecule has 1 unspecified atom stereocenters. The summed E-state index contributed by atoms with van der Waals surface area (Å²) in [6.07, 6.45) is 8.86. The second-order valence-corrected chi connectivity index (χ2v) is 3.60. The Morgan fingerprint density at radius 3 is 2.23 bits per heavy atom. The second-order valence-electron chi connectivity index (χ2n) is 3.60. The van der Waals surface area contributed by atoms with E-state index in [2.05, 4.69) is 6.92 Å². The Kier molecular flexibility index (Phi) is 9.94. The van der Waals surface area contributed by atoms with E-state index in [0.29, 0.717) is 0 Å². The summed E-state index contributed by atoms with van der Waals surface area (Å²) >= 11 is 0. The number of methoxy groups -OCH3 is 1. The van der Waals surface area contributed by atoms with Crippen LogP contribution in [-0.2, 0) is 4.74 Å². The highest BCUT2D eigenvalue weighted by atomic mass is 16.5. The maximum Gasteiger partial charge on any atom is 0.0802 e. The van der Waals surface area contributed by atoms with Crippen LogP contribution < -0.4 is 0 Å². The Bertz CT molecular complexity index is 90.1. The molecule has 0 bridgehead atoms. The Labute approximate surface area is 82.3 Å². The van der Waals surface area contributed by atoms with Crippen molar-refractivity contribution in [3.63, 3.8) is 0 Å². The fourth-order valence-corrected chi connectivity index (χ4v) is 1.44. The Morgan fingerprint density at radius 2 is 1.69 bits per heavy atom. The first-order valence-corrected chi connectivity index (χ1v) is 5.48. The molecule has 0 aliphatic heterocycles. The maximum absolute atomic E-state index is 8.84. The van der Waals surface area contributed by atoms with E-state index in [1.54, 1.807) is 7.11 Å². The van der Waals surface area contributed by atoms with Crippen LogP contribution in [0.2, 0.25) is 0 Å². The molecule has 0 saturated carbocycles. The summed E-state index contributed by atoms with van der Waals surface area (Å²) in [6, 6.07) is 0. The average Bonchev–Trinajstić information content (AvgIpc) is 2.17. The van der Waals surface area contributed by atoms with Gasteiger partial charge in [-0.3, -0.25) is 0 Å². The molecule has 0 fully saturated rings. The van der Waals surface area contributed by atoms with E-state index in [1.165, 1.54) is 38.5 Å². The van der Waals surface area contributed by atoms with E-state index in [-0.39, 0.29) is 12.7 Å². The molecule has 0 saturated heterocycles. The predicted octanol–water partition coefficient (Wildman–Crippen LogP) is 2.74. The standard InChI is InChI=1S/C11H24O2/c1-3-4-5-6-7-8-9-11(10-12)13-2/h11-12H,3-10H2,1-2H3. The molecule has 1 N–H and O–H groups in total. The van der Waals surface area contributed by atoms with Gasteiger partial charge in [0.1, 0.15) is 0 Å². The average molecular weight is 188 g/mol. The lowest BCUT2D eigenvalue weighted by Gasteiger charge is -2.11. The Morgan fingerprint density at radius 1 is 1.08 bits per heavy atom. The first kappa shape index (κ1) is 12.9. The number of ether oxygens (including phenoxy) is 1. The van der Waals surface area contributed by atoms with Crippen LogP contribution in [0.5, 0.6) is 0 Å². The van der Waals surface area contributed by atoms with Gasteiger partial charge in [-0.25, -0.2) is 0 Å². The molecular weight excluding hydrogens is 164 g/mol. The van der Waals surface area contributed by atoms with Crippen molar-refractivity contribution in [2.45, 2.75) is 58.0 Å². The SMILES string of the molecule is CCCCCCCCC(CO)OC. The van der Waals surface area contributed by atoms with Crippen LogP contribution in [0.3, 0.4) is 0 Å². The third-order valence-electron chi connectivity index (χ3n) is 2.42. The van der Waals surface area contributed by atoms with E-state index in [4.69, 9.17) is 9.84 Å². The molecule has 0 spiro atoms. The minimum absolute atomic E-state index is 0.0613. The summed E-state index contributed by atoms with van der Waals surface area (Å²) in [5.41, 5.74) is 0. The Balaban J connectivity index is 3.05. The van der Waals surface area contributed by atoms with Crippen molar-refractivity contribution < 1.29 is 9.84 Å². The summed E-state index contributed by atoms with van der Waals surface area (Å²) in [4.78, 5) is 0. The fraction of sp³-hybridized carbons (Fsp3) is 1.00. The number of hydrogen-bond donors (Lipinski definition) is 1. The smallest absolute Gasteiger partial charge is 0.0802 e. The van der Waals surface area contributed by atoms with Gasteiger partial charge in [0.05, 0.1) is 12.7 Å². The highest BCUT2D eigenvalue weighted by Crippen LogP contribution is 2.09. The fourth-order valence-electron chi connectivity index (χ4n) is 1.44. The second kappa shape index (κ2) is 10.0.